The minimum absolute atomic E-state index is 0.00781. The summed E-state index contributed by atoms with van der Waals surface area (Å²) in [5.41, 5.74) is 0. The zero-order chi connectivity index (χ0) is 17.4. The van der Waals surface area contributed by atoms with Crippen LogP contribution in [0.25, 0.3) is 0 Å². The summed E-state index contributed by atoms with van der Waals surface area (Å²) in [4.78, 5) is 13.4. The number of carbonyl (C=O) groups excluding carboxylic acids is 1. The average molecular weight is 349 g/mol. The summed E-state index contributed by atoms with van der Waals surface area (Å²) < 4.78 is 11.6. The molecule has 0 fully saturated rings. The fourth-order valence-electron chi connectivity index (χ4n) is 2.79. The highest BCUT2D eigenvalue weighted by Gasteiger charge is 2.38. The molecule has 24 heavy (non-hydrogen) atoms. The Morgan fingerprint density at radius 2 is 2.42 bits per heavy atom. The Balaban J connectivity index is 2.30. The van der Waals surface area contributed by atoms with Gasteiger partial charge in [0.05, 0.1) is 6.54 Å². The van der Waals surface area contributed by atoms with Crippen LogP contribution in [0.1, 0.15) is 30.6 Å². The molecule has 2 rings (SSSR count). The lowest BCUT2D eigenvalue weighted by Gasteiger charge is -2.36. The molecule has 0 bridgehead atoms. The van der Waals surface area contributed by atoms with Gasteiger partial charge in [0.2, 0.25) is 6.29 Å². The molecule has 1 aromatic rings. The number of hydrogen-bond donors (Lipinski definition) is 2. The number of ether oxygens (including phenoxy) is 2. The largest absolute Gasteiger partial charge is 0.459 e. The van der Waals surface area contributed by atoms with Crippen molar-refractivity contribution in [2.24, 2.45) is 5.92 Å². The number of hydrogen-bond acceptors (Lipinski definition) is 5. The molecule has 0 spiro atoms. The summed E-state index contributed by atoms with van der Waals surface area (Å²) in [6.07, 6.45) is 7.92. The van der Waals surface area contributed by atoms with Gasteiger partial charge in [-0.1, -0.05) is 12.0 Å². The molecule has 6 heteroatoms. The Hall–Kier alpha value is -1.81. The van der Waals surface area contributed by atoms with Crippen LogP contribution in [0.15, 0.2) is 29.3 Å². The van der Waals surface area contributed by atoms with Crippen molar-refractivity contribution in [1.82, 2.24) is 5.32 Å². The van der Waals surface area contributed by atoms with Crippen LogP contribution in [0.2, 0.25) is 0 Å². The van der Waals surface area contributed by atoms with E-state index in [4.69, 9.17) is 15.9 Å². The summed E-state index contributed by atoms with van der Waals surface area (Å²) in [5, 5.41) is 13.8. The number of carbonyl (C=O) groups is 1. The summed E-state index contributed by atoms with van der Waals surface area (Å²) >= 11 is 1.64. The predicted octanol–water partition coefficient (Wildman–Crippen LogP) is 2.25. The van der Waals surface area contributed by atoms with Crippen molar-refractivity contribution in [1.29, 1.82) is 0 Å². The molecule has 0 saturated heterocycles. The van der Waals surface area contributed by atoms with Crippen molar-refractivity contribution in [3.8, 4) is 12.3 Å². The van der Waals surface area contributed by atoms with Crippen LogP contribution in [0.4, 0.5) is 0 Å². The van der Waals surface area contributed by atoms with Gasteiger partial charge < -0.3 is 19.9 Å². The highest BCUT2D eigenvalue weighted by molar-refractivity contribution is 7.10. The number of amides is 1. The molecule has 1 aliphatic heterocycles. The molecule has 5 nitrogen and oxygen atoms in total. The van der Waals surface area contributed by atoms with Crippen molar-refractivity contribution in [3.63, 3.8) is 0 Å². The number of thiophene rings is 1. The van der Waals surface area contributed by atoms with Crippen LogP contribution >= 0.6 is 11.3 Å². The third-order valence-corrected chi connectivity index (χ3v) is 4.83. The van der Waals surface area contributed by atoms with Crippen molar-refractivity contribution in [2.45, 2.75) is 32.0 Å². The van der Waals surface area contributed by atoms with Gasteiger partial charge in [-0.15, -0.1) is 17.8 Å². The monoisotopic (exact) mass is 349 g/mol. The van der Waals surface area contributed by atoms with Crippen molar-refractivity contribution in [3.05, 3.63) is 34.2 Å². The van der Waals surface area contributed by atoms with Gasteiger partial charge in [-0.05, 0) is 37.3 Å². The number of nitrogens with one attached hydrogen (secondary N) is 1. The maximum Gasteiger partial charge on any atom is 0.286 e. The smallest absolute Gasteiger partial charge is 0.286 e. The van der Waals surface area contributed by atoms with Gasteiger partial charge in [-0.25, -0.2) is 0 Å². The number of allylic oxidation sites excluding steroid dienone is 1. The van der Waals surface area contributed by atoms with Crippen molar-refractivity contribution < 1.29 is 19.4 Å². The zero-order valence-corrected chi connectivity index (χ0v) is 14.6. The summed E-state index contributed by atoms with van der Waals surface area (Å²) in [6, 6.07) is 4.03. The van der Waals surface area contributed by atoms with Gasteiger partial charge >= 0.3 is 0 Å². The van der Waals surface area contributed by atoms with Crippen LogP contribution in [-0.4, -0.2) is 37.1 Å². The molecule has 0 aromatic carbocycles. The highest BCUT2D eigenvalue weighted by atomic mass is 32.1. The number of rotatable bonds is 8. The molecule has 130 valence electrons. The van der Waals surface area contributed by atoms with Crippen LogP contribution < -0.4 is 5.32 Å². The average Bonchev–Trinajstić information content (AvgIpc) is 3.12. The van der Waals surface area contributed by atoms with E-state index in [-0.39, 0.29) is 36.7 Å². The lowest BCUT2D eigenvalue weighted by Crippen LogP contribution is -2.38. The second-order valence-electron chi connectivity index (χ2n) is 5.43. The fraction of sp³-hybridized carbons (Fsp3) is 0.500. The normalized spacial score (nSPS) is 23.0. The van der Waals surface area contributed by atoms with Gasteiger partial charge in [0.15, 0.2) is 5.76 Å². The molecule has 2 N–H and O–H groups in total. The van der Waals surface area contributed by atoms with Crippen LogP contribution in [-0.2, 0) is 14.3 Å². The Kier molecular flexibility index (Phi) is 7.32. The van der Waals surface area contributed by atoms with Gasteiger partial charge in [-0.3, -0.25) is 4.79 Å². The third kappa shape index (κ3) is 4.60. The molecule has 0 saturated carbocycles. The lowest BCUT2D eigenvalue weighted by atomic mass is 9.84. The maximum atomic E-state index is 12.3. The molecular formula is C18H23NO4S. The molecule has 1 amide bonds. The molecular weight excluding hydrogens is 326 g/mol. The van der Waals surface area contributed by atoms with Gasteiger partial charge in [0, 0.05) is 29.9 Å². The van der Waals surface area contributed by atoms with E-state index in [2.05, 4.69) is 11.2 Å². The van der Waals surface area contributed by atoms with E-state index in [0.29, 0.717) is 13.0 Å². The zero-order valence-electron chi connectivity index (χ0n) is 13.7. The van der Waals surface area contributed by atoms with Crippen LogP contribution in [0.5, 0.6) is 0 Å². The van der Waals surface area contributed by atoms with E-state index < -0.39 is 6.29 Å². The molecule has 3 atom stereocenters. The minimum Gasteiger partial charge on any atom is -0.459 e. The SMILES string of the molecule is C#CCNC(=O)C1=C[C@@H](c2cccs2)[C@H](CCCO)[C@@H](OCC)O1. The molecule has 0 aliphatic carbocycles. The minimum atomic E-state index is -0.523. The molecule has 1 aromatic heterocycles. The third-order valence-electron chi connectivity index (χ3n) is 3.86. The fourth-order valence-corrected chi connectivity index (χ4v) is 3.67. The molecule has 2 heterocycles. The quantitative estimate of drug-likeness (QED) is 0.707. The lowest BCUT2D eigenvalue weighted by molar-refractivity contribution is -0.166. The van der Waals surface area contributed by atoms with Crippen LogP contribution in [0, 0.1) is 18.3 Å². The maximum absolute atomic E-state index is 12.3. The number of terminal acetylenes is 1. The summed E-state index contributed by atoms with van der Waals surface area (Å²) in [6.45, 7) is 2.64. The Bertz CT molecular complexity index is 591. The number of aliphatic hydroxyl groups excluding tert-OH is 1. The Morgan fingerprint density at radius 1 is 1.58 bits per heavy atom. The van der Waals surface area contributed by atoms with E-state index in [0.717, 1.165) is 11.3 Å². The van der Waals surface area contributed by atoms with E-state index >= 15 is 0 Å². The second kappa shape index (κ2) is 9.48. The summed E-state index contributed by atoms with van der Waals surface area (Å²) in [7, 11) is 0. The van der Waals surface area contributed by atoms with Crippen LogP contribution in [0.3, 0.4) is 0 Å². The Morgan fingerprint density at radius 3 is 3.04 bits per heavy atom. The van der Waals surface area contributed by atoms with E-state index in [1.54, 1.807) is 11.3 Å². The first kappa shape index (κ1) is 18.5. The Labute approximate surface area is 146 Å². The molecule has 0 radical (unpaired) electrons. The molecule has 1 aliphatic rings. The van der Waals surface area contributed by atoms with Crippen molar-refractivity contribution >= 4 is 17.2 Å². The first-order valence-corrected chi connectivity index (χ1v) is 8.95. The predicted molar refractivity (Wildman–Crippen MR) is 93.3 cm³/mol. The van der Waals surface area contributed by atoms with Gasteiger partial charge in [0.1, 0.15) is 0 Å². The van der Waals surface area contributed by atoms with E-state index in [9.17, 15) is 9.90 Å². The van der Waals surface area contributed by atoms with Gasteiger partial charge in [-0.2, -0.15) is 0 Å². The summed E-state index contributed by atoms with van der Waals surface area (Å²) in [5.74, 6) is 2.33. The number of aliphatic hydroxyl groups is 1. The topological polar surface area (TPSA) is 67.8 Å². The van der Waals surface area contributed by atoms with E-state index in [1.165, 1.54) is 0 Å². The highest BCUT2D eigenvalue weighted by Crippen LogP contribution is 2.40. The van der Waals surface area contributed by atoms with Gasteiger partial charge in [0.25, 0.3) is 5.91 Å². The second-order valence-corrected chi connectivity index (χ2v) is 6.41. The standard InChI is InChI=1S/C18H23NO4S/c1-3-9-19-17(21)15-12-14(16-8-6-11-24-16)13(7-5-10-20)18(23-15)22-4-2/h1,6,8,11-14,18,20H,4-5,7,9-10H2,2H3,(H,19,21)/t13-,14+,18-/m0/s1. The molecule has 0 unspecified atom stereocenters. The van der Waals surface area contributed by atoms with E-state index in [1.807, 2.05) is 30.5 Å². The first-order valence-electron chi connectivity index (χ1n) is 8.07. The first-order chi connectivity index (χ1) is 11.7. The van der Waals surface area contributed by atoms with Crippen molar-refractivity contribution in [2.75, 3.05) is 19.8 Å².